The van der Waals surface area contributed by atoms with Gasteiger partial charge in [-0.3, -0.25) is 14.6 Å². The van der Waals surface area contributed by atoms with E-state index in [2.05, 4.69) is 11.4 Å². The number of methoxy groups -OCH3 is 3. The molecule has 260 valence electrons. The van der Waals surface area contributed by atoms with Crippen molar-refractivity contribution in [3.8, 4) is 28.7 Å². The first kappa shape index (κ1) is 32.4. The number of benzene rings is 5. The molecular formula is C41H44N2O7. The van der Waals surface area contributed by atoms with E-state index in [9.17, 15) is 19.8 Å². The number of nitrogens with one attached hydrogen (secondary N) is 1. The number of hydrogen-bond donors (Lipinski definition) is 3. The summed E-state index contributed by atoms with van der Waals surface area (Å²) in [5, 5.41) is 31.7. The third-order valence-electron chi connectivity index (χ3n) is 11.6. The van der Waals surface area contributed by atoms with Crippen LogP contribution in [0.1, 0.15) is 95.1 Å². The fourth-order valence-electron chi connectivity index (χ4n) is 9.45. The Morgan fingerprint density at radius 3 is 1.86 bits per heavy atom. The van der Waals surface area contributed by atoms with Crippen molar-refractivity contribution >= 4 is 60.6 Å². The Hall–Kier alpha value is -4.79. The molecule has 2 fully saturated rings. The van der Waals surface area contributed by atoms with Crippen molar-refractivity contribution in [2.24, 2.45) is 4.99 Å². The average molecular weight is 677 g/mol. The van der Waals surface area contributed by atoms with Crippen LogP contribution >= 0.6 is 0 Å². The number of phenolic OH excluding ortho intramolecular Hbond substituents is 2. The number of phenols is 2. The Labute approximate surface area is 290 Å². The van der Waals surface area contributed by atoms with Gasteiger partial charge in [0, 0.05) is 73.9 Å². The maximum Gasteiger partial charge on any atom is 0.194 e. The maximum absolute atomic E-state index is 14.1. The maximum atomic E-state index is 14.1. The zero-order valence-corrected chi connectivity index (χ0v) is 29.4. The molecule has 3 aliphatic rings. The van der Waals surface area contributed by atoms with Gasteiger partial charge in [-0.25, -0.2) is 0 Å². The van der Waals surface area contributed by atoms with Crippen molar-refractivity contribution in [1.82, 2.24) is 0 Å². The van der Waals surface area contributed by atoms with Crippen LogP contribution < -0.4 is 30.4 Å². The summed E-state index contributed by atoms with van der Waals surface area (Å²) in [6.07, 6.45) is 12.8. The summed E-state index contributed by atoms with van der Waals surface area (Å²) in [5.74, 6) is -0.0327. The van der Waals surface area contributed by atoms with Gasteiger partial charge in [-0.05, 0) is 44.9 Å². The molecule has 5 aromatic carbocycles. The van der Waals surface area contributed by atoms with Gasteiger partial charge >= 0.3 is 0 Å². The van der Waals surface area contributed by atoms with Crippen molar-refractivity contribution in [3.63, 3.8) is 0 Å². The SMILES string of the molecule is COc1c(O)c2c(=O)cc(OC)c3c4c(OC)cc(=O)c5c(O)c(NC6CCCCC6)c6c(c(c1C(/C(C)=N/C1CCCCC1)C(C)=C6)c23)c54. The number of rotatable bonds is 7. The first-order chi connectivity index (χ1) is 24.2. The third-order valence-corrected chi connectivity index (χ3v) is 11.6. The van der Waals surface area contributed by atoms with Crippen molar-refractivity contribution < 1.29 is 24.4 Å². The summed E-state index contributed by atoms with van der Waals surface area (Å²) in [6, 6.07) is 3.05. The lowest BCUT2D eigenvalue weighted by atomic mass is 9.80. The van der Waals surface area contributed by atoms with Gasteiger partial charge in [0.25, 0.3) is 0 Å². The van der Waals surface area contributed by atoms with Crippen LogP contribution in [0.3, 0.4) is 0 Å². The van der Waals surface area contributed by atoms with E-state index >= 15 is 0 Å². The Kier molecular flexibility index (Phi) is 7.92. The van der Waals surface area contributed by atoms with Crippen LogP contribution in [0.2, 0.25) is 0 Å². The summed E-state index contributed by atoms with van der Waals surface area (Å²) in [5.41, 5.74) is 2.90. The van der Waals surface area contributed by atoms with Crippen molar-refractivity contribution in [2.45, 2.75) is 96.1 Å². The van der Waals surface area contributed by atoms with Crippen molar-refractivity contribution in [3.05, 3.63) is 49.3 Å². The number of anilines is 1. The minimum absolute atomic E-state index is 0.101. The van der Waals surface area contributed by atoms with E-state index in [1.54, 1.807) is 0 Å². The lowest BCUT2D eigenvalue weighted by molar-refractivity contribution is 0.373. The smallest absolute Gasteiger partial charge is 0.194 e. The number of aliphatic imine (C=N–C) groups is 1. The molecule has 1 atom stereocenters. The van der Waals surface area contributed by atoms with Gasteiger partial charge in [-0.1, -0.05) is 50.2 Å². The zero-order valence-electron chi connectivity index (χ0n) is 29.4. The van der Waals surface area contributed by atoms with Crippen LogP contribution in [-0.4, -0.2) is 49.3 Å². The second kappa shape index (κ2) is 12.2. The van der Waals surface area contributed by atoms with Crippen LogP contribution in [0.5, 0.6) is 28.7 Å². The number of aromatic hydroxyl groups is 2. The number of allylic oxidation sites excluding steroid dienone is 1. The lowest BCUT2D eigenvalue weighted by Crippen LogP contribution is -2.23. The first-order valence-corrected chi connectivity index (χ1v) is 17.9. The molecule has 0 heterocycles. The van der Waals surface area contributed by atoms with Gasteiger partial charge in [-0.15, -0.1) is 0 Å². The molecule has 0 amide bonds. The molecule has 0 bridgehead atoms. The van der Waals surface area contributed by atoms with E-state index in [1.807, 2.05) is 13.8 Å². The quantitative estimate of drug-likeness (QED) is 0.0679. The van der Waals surface area contributed by atoms with E-state index in [4.69, 9.17) is 19.2 Å². The predicted octanol–water partition coefficient (Wildman–Crippen LogP) is 8.37. The van der Waals surface area contributed by atoms with Crippen LogP contribution in [0, 0.1) is 0 Å². The average Bonchev–Trinajstić information content (AvgIpc) is 3.24. The first-order valence-electron chi connectivity index (χ1n) is 17.9. The predicted molar refractivity (Wildman–Crippen MR) is 201 cm³/mol. The van der Waals surface area contributed by atoms with Gasteiger partial charge in [0.15, 0.2) is 28.1 Å². The number of hydrogen-bond acceptors (Lipinski definition) is 9. The van der Waals surface area contributed by atoms with E-state index in [1.165, 1.54) is 46.3 Å². The molecule has 0 aliphatic heterocycles. The summed E-state index contributed by atoms with van der Waals surface area (Å²) < 4.78 is 17.9. The fourth-order valence-corrected chi connectivity index (χ4v) is 9.45. The molecular weight excluding hydrogens is 632 g/mol. The minimum atomic E-state index is -0.433. The van der Waals surface area contributed by atoms with Crippen LogP contribution in [0.15, 0.2) is 32.3 Å². The van der Waals surface area contributed by atoms with Crippen LogP contribution in [0.4, 0.5) is 5.69 Å². The van der Waals surface area contributed by atoms with Gasteiger partial charge in [0.1, 0.15) is 11.5 Å². The number of fused-ring (bicyclic) bond motifs is 1. The van der Waals surface area contributed by atoms with Gasteiger partial charge in [0.2, 0.25) is 0 Å². The molecule has 0 aromatic heterocycles. The molecule has 0 saturated heterocycles. The lowest BCUT2D eigenvalue weighted by Gasteiger charge is -2.28. The minimum Gasteiger partial charge on any atom is -0.505 e. The van der Waals surface area contributed by atoms with E-state index < -0.39 is 11.3 Å². The van der Waals surface area contributed by atoms with E-state index in [0.717, 1.165) is 68.2 Å². The van der Waals surface area contributed by atoms with E-state index in [0.29, 0.717) is 43.6 Å². The molecule has 9 nitrogen and oxygen atoms in total. The molecule has 50 heavy (non-hydrogen) atoms. The molecule has 1 unspecified atom stereocenters. The summed E-state index contributed by atoms with van der Waals surface area (Å²) in [4.78, 5) is 33.5. The number of nitrogens with zero attached hydrogens (tertiary/aromatic N) is 1. The highest BCUT2D eigenvalue weighted by Gasteiger charge is 2.37. The molecule has 8 rings (SSSR count). The molecule has 5 aromatic rings. The molecule has 2 saturated carbocycles. The summed E-state index contributed by atoms with van der Waals surface area (Å²) >= 11 is 0. The Morgan fingerprint density at radius 1 is 0.720 bits per heavy atom. The molecule has 0 radical (unpaired) electrons. The zero-order chi connectivity index (χ0) is 35.0. The van der Waals surface area contributed by atoms with Crippen LogP contribution in [0.25, 0.3) is 49.2 Å². The number of ether oxygens (including phenoxy) is 3. The Morgan fingerprint density at radius 2 is 1.28 bits per heavy atom. The molecule has 3 N–H and O–H groups in total. The fraction of sp³-hybridized carbons (Fsp3) is 0.439. The highest BCUT2D eigenvalue weighted by molar-refractivity contribution is 6.40. The highest BCUT2D eigenvalue weighted by atomic mass is 16.5. The topological polar surface area (TPSA) is 127 Å². The largest absolute Gasteiger partial charge is 0.505 e. The van der Waals surface area contributed by atoms with E-state index in [-0.39, 0.29) is 57.0 Å². The van der Waals surface area contributed by atoms with Gasteiger partial charge in [0.05, 0.1) is 37.8 Å². The molecule has 9 heteroatoms. The molecule has 0 spiro atoms. The highest BCUT2D eigenvalue weighted by Crippen LogP contribution is 2.58. The second-order valence-electron chi connectivity index (χ2n) is 14.4. The second-order valence-corrected chi connectivity index (χ2v) is 14.4. The monoisotopic (exact) mass is 676 g/mol. The van der Waals surface area contributed by atoms with Gasteiger partial charge in [-0.2, -0.15) is 0 Å². The normalized spacial score (nSPS) is 19.1. The van der Waals surface area contributed by atoms with Crippen molar-refractivity contribution in [2.75, 3.05) is 26.6 Å². The summed E-state index contributed by atoms with van der Waals surface area (Å²) in [7, 11) is 4.50. The third kappa shape index (κ3) is 4.61. The van der Waals surface area contributed by atoms with Gasteiger partial charge < -0.3 is 29.7 Å². The van der Waals surface area contributed by atoms with Crippen LogP contribution in [-0.2, 0) is 0 Å². The Bertz CT molecular complexity index is 2370. The standard InChI is InChI=1S/C41H44N2O7/c1-19-16-23-29-34-30(39(46)38(23)43-22-14-10-7-11-15-22)24(44)17-26(48-3)32(34)33-27(49-4)18-25(45)31-36(33)35(29)37(41(50-5)40(31)47)28(19)20(2)42-21-12-8-6-9-13-21/h16-18,21-22,28,43,46-47H,6-15H2,1-5H3/b42-20+. The van der Waals surface area contributed by atoms with Crippen molar-refractivity contribution in [1.29, 1.82) is 0 Å². The Balaban J connectivity index is 1.66. The molecule has 3 aliphatic carbocycles. The summed E-state index contributed by atoms with van der Waals surface area (Å²) in [6.45, 7) is 4.08.